The molecule has 0 aromatic heterocycles. The Kier molecular flexibility index (Phi) is 5.83. The molecule has 0 radical (unpaired) electrons. The van der Waals surface area contributed by atoms with Gasteiger partial charge in [-0.05, 0) is 32.9 Å². The van der Waals surface area contributed by atoms with Crippen molar-refractivity contribution in [2.45, 2.75) is 32.7 Å². The first-order valence-corrected chi connectivity index (χ1v) is 6.54. The van der Waals surface area contributed by atoms with E-state index in [1.165, 1.54) is 0 Å². The molecule has 0 atom stereocenters. The average Bonchev–Trinajstić information content (AvgIpc) is 2.33. The van der Waals surface area contributed by atoms with Crippen LogP contribution >= 0.6 is 0 Å². The Bertz CT molecular complexity index is 384. The van der Waals surface area contributed by atoms with E-state index in [4.69, 9.17) is 9.84 Å². The number of rotatable bonds is 7. The summed E-state index contributed by atoms with van der Waals surface area (Å²) in [5, 5.41) is 8.77. The van der Waals surface area contributed by atoms with Crippen molar-refractivity contribution >= 4 is 5.97 Å². The lowest BCUT2D eigenvalue weighted by Crippen LogP contribution is -2.44. The van der Waals surface area contributed by atoms with E-state index in [0.29, 0.717) is 19.7 Å². The van der Waals surface area contributed by atoms with E-state index in [-0.39, 0.29) is 12.0 Å². The smallest absolute Gasteiger partial charge is 0.304 e. The van der Waals surface area contributed by atoms with Crippen LogP contribution in [0.1, 0.15) is 27.2 Å². The Labute approximate surface area is 115 Å². The largest absolute Gasteiger partial charge is 0.492 e. The second-order valence-electron chi connectivity index (χ2n) is 5.46. The van der Waals surface area contributed by atoms with Crippen LogP contribution in [0.3, 0.4) is 0 Å². The van der Waals surface area contributed by atoms with Crippen molar-refractivity contribution in [2.75, 3.05) is 19.7 Å². The van der Waals surface area contributed by atoms with Gasteiger partial charge in [0.05, 0.1) is 6.42 Å². The van der Waals surface area contributed by atoms with Gasteiger partial charge in [-0.2, -0.15) is 0 Å². The van der Waals surface area contributed by atoms with Crippen LogP contribution in [0.4, 0.5) is 0 Å². The van der Waals surface area contributed by atoms with Gasteiger partial charge in [-0.15, -0.1) is 0 Å². The van der Waals surface area contributed by atoms with E-state index in [9.17, 15) is 4.79 Å². The van der Waals surface area contributed by atoms with Crippen molar-refractivity contribution in [2.24, 2.45) is 0 Å². The molecular formula is C15H23NO3. The number of hydrogen-bond acceptors (Lipinski definition) is 3. The molecule has 0 spiro atoms. The molecule has 106 valence electrons. The van der Waals surface area contributed by atoms with Gasteiger partial charge in [0.15, 0.2) is 0 Å². The molecule has 0 aliphatic rings. The fourth-order valence-electron chi connectivity index (χ4n) is 1.80. The van der Waals surface area contributed by atoms with Crippen LogP contribution in [-0.4, -0.2) is 41.2 Å². The number of hydrogen-bond donors (Lipinski definition) is 1. The molecular weight excluding hydrogens is 242 g/mol. The second kappa shape index (κ2) is 7.14. The Hall–Kier alpha value is -1.55. The van der Waals surface area contributed by atoms with Gasteiger partial charge in [0.25, 0.3) is 0 Å². The lowest BCUT2D eigenvalue weighted by atomic mass is 10.1. The summed E-state index contributed by atoms with van der Waals surface area (Å²) >= 11 is 0. The third-order valence-corrected chi connectivity index (χ3v) is 2.92. The molecule has 0 bridgehead atoms. The summed E-state index contributed by atoms with van der Waals surface area (Å²) in [6.07, 6.45) is 0.155. The highest BCUT2D eigenvalue weighted by atomic mass is 16.5. The van der Waals surface area contributed by atoms with Crippen molar-refractivity contribution in [1.82, 2.24) is 4.90 Å². The molecule has 0 saturated carbocycles. The van der Waals surface area contributed by atoms with E-state index in [1.54, 1.807) is 0 Å². The highest BCUT2D eigenvalue weighted by Crippen LogP contribution is 2.14. The maximum absolute atomic E-state index is 10.7. The van der Waals surface area contributed by atoms with Crippen molar-refractivity contribution in [3.8, 4) is 5.75 Å². The van der Waals surface area contributed by atoms with Crippen LogP contribution in [0.2, 0.25) is 0 Å². The standard InChI is InChI=1S/C15H23NO3/c1-15(2,3)16(10-9-14(17)18)11-12-19-13-7-5-4-6-8-13/h4-8H,9-12H2,1-3H3,(H,17,18). The molecule has 1 N–H and O–H groups in total. The minimum Gasteiger partial charge on any atom is -0.492 e. The summed E-state index contributed by atoms with van der Waals surface area (Å²) in [5.74, 6) is 0.0767. The summed E-state index contributed by atoms with van der Waals surface area (Å²) in [6.45, 7) is 8.05. The van der Waals surface area contributed by atoms with Crippen LogP contribution in [0, 0.1) is 0 Å². The fourth-order valence-corrected chi connectivity index (χ4v) is 1.80. The molecule has 1 aromatic carbocycles. The zero-order chi connectivity index (χ0) is 14.3. The summed E-state index contributed by atoms with van der Waals surface area (Å²) in [4.78, 5) is 12.8. The van der Waals surface area contributed by atoms with Gasteiger partial charge in [0.2, 0.25) is 0 Å². The fraction of sp³-hybridized carbons (Fsp3) is 0.533. The molecule has 4 nitrogen and oxygen atoms in total. The van der Waals surface area contributed by atoms with Gasteiger partial charge in [-0.3, -0.25) is 9.69 Å². The molecule has 0 fully saturated rings. The number of benzene rings is 1. The molecule has 0 unspecified atom stereocenters. The average molecular weight is 265 g/mol. The topological polar surface area (TPSA) is 49.8 Å². The minimum absolute atomic E-state index is 0.0600. The lowest BCUT2D eigenvalue weighted by Gasteiger charge is -2.35. The van der Waals surface area contributed by atoms with Crippen molar-refractivity contribution < 1.29 is 14.6 Å². The molecule has 1 aromatic rings. The molecule has 0 aliphatic carbocycles. The molecule has 19 heavy (non-hydrogen) atoms. The first kappa shape index (κ1) is 15.5. The monoisotopic (exact) mass is 265 g/mol. The van der Waals surface area contributed by atoms with E-state index >= 15 is 0 Å². The number of carboxylic acid groups (broad SMARTS) is 1. The zero-order valence-corrected chi connectivity index (χ0v) is 11.9. The van der Waals surface area contributed by atoms with Crippen molar-refractivity contribution in [1.29, 1.82) is 0 Å². The third-order valence-electron chi connectivity index (χ3n) is 2.92. The Balaban J connectivity index is 2.42. The number of carboxylic acids is 1. The van der Waals surface area contributed by atoms with Crippen LogP contribution < -0.4 is 4.74 Å². The lowest BCUT2D eigenvalue weighted by molar-refractivity contribution is -0.137. The van der Waals surface area contributed by atoms with Crippen LogP contribution in [0.15, 0.2) is 30.3 Å². The molecule has 0 heterocycles. The molecule has 4 heteroatoms. The predicted octanol–water partition coefficient (Wildman–Crippen LogP) is 2.64. The third kappa shape index (κ3) is 6.25. The van der Waals surface area contributed by atoms with E-state index in [1.807, 2.05) is 30.3 Å². The number of para-hydroxylation sites is 1. The van der Waals surface area contributed by atoms with Gasteiger partial charge in [0, 0.05) is 18.6 Å². The first-order valence-electron chi connectivity index (χ1n) is 6.54. The van der Waals surface area contributed by atoms with E-state index in [0.717, 1.165) is 5.75 Å². The maximum atomic E-state index is 10.7. The zero-order valence-electron chi connectivity index (χ0n) is 11.9. The normalized spacial score (nSPS) is 11.6. The quantitative estimate of drug-likeness (QED) is 0.823. The number of nitrogens with zero attached hydrogens (tertiary/aromatic N) is 1. The molecule has 0 saturated heterocycles. The Morgan fingerprint density at radius 2 is 1.84 bits per heavy atom. The Morgan fingerprint density at radius 3 is 2.37 bits per heavy atom. The summed E-state index contributed by atoms with van der Waals surface area (Å²) in [6, 6.07) is 9.64. The van der Waals surface area contributed by atoms with Crippen molar-refractivity contribution in [3.63, 3.8) is 0 Å². The van der Waals surface area contributed by atoms with Gasteiger partial charge < -0.3 is 9.84 Å². The van der Waals surface area contributed by atoms with Gasteiger partial charge >= 0.3 is 5.97 Å². The summed E-state index contributed by atoms with van der Waals surface area (Å²) in [5.41, 5.74) is -0.0600. The van der Waals surface area contributed by atoms with E-state index < -0.39 is 5.97 Å². The molecule has 0 aliphatic heterocycles. The van der Waals surface area contributed by atoms with Gasteiger partial charge in [-0.1, -0.05) is 18.2 Å². The first-order chi connectivity index (χ1) is 8.89. The highest BCUT2D eigenvalue weighted by Gasteiger charge is 2.21. The van der Waals surface area contributed by atoms with E-state index in [2.05, 4.69) is 25.7 Å². The van der Waals surface area contributed by atoms with Crippen molar-refractivity contribution in [3.05, 3.63) is 30.3 Å². The number of carbonyl (C=O) groups is 1. The second-order valence-corrected chi connectivity index (χ2v) is 5.46. The van der Waals surface area contributed by atoms with Gasteiger partial charge in [-0.25, -0.2) is 0 Å². The number of ether oxygens (including phenoxy) is 1. The summed E-state index contributed by atoms with van der Waals surface area (Å²) in [7, 11) is 0. The highest BCUT2D eigenvalue weighted by molar-refractivity contribution is 5.66. The molecule has 0 amide bonds. The minimum atomic E-state index is -0.766. The number of aliphatic carboxylic acids is 1. The molecule has 1 rings (SSSR count). The van der Waals surface area contributed by atoms with Gasteiger partial charge in [0.1, 0.15) is 12.4 Å². The summed E-state index contributed by atoms with van der Waals surface area (Å²) < 4.78 is 5.65. The van der Waals surface area contributed by atoms with Crippen LogP contribution in [0.25, 0.3) is 0 Å². The predicted molar refractivity (Wildman–Crippen MR) is 75.5 cm³/mol. The SMILES string of the molecule is CC(C)(C)N(CCOc1ccccc1)CCC(=O)O. The maximum Gasteiger partial charge on any atom is 0.304 e. The Morgan fingerprint density at radius 1 is 1.21 bits per heavy atom. The van der Waals surface area contributed by atoms with Crippen LogP contribution in [-0.2, 0) is 4.79 Å². The van der Waals surface area contributed by atoms with Crippen LogP contribution in [0.5, 0.6) is 5.75 Å².